The Morgan fingerprint density at radius 1 is 1.07 bits per heavy atom. The van der Waals surface area contributed by atoms with E-state index in [0.29, 0.717) is 39.6 Å². The van der Waals surface area contributed by atoms with Crippen LogP contribution in [0.5, 0.6) is 0 Å². The van der Waals surface area contributed by atoms with Crippen LogP contribution in [0.2, 0.25) is 0 Å². The molecule has 3 heterocycles. The lowest BCUT2D eigenvalue weighted by atomic mass is 9.92. The van der Waals surface area contributed by atoms with Crippen LogP contribution in [0.25, 0.3) is 22.0 Å². The number of rotatable bonds is 10. The van der Waals surface area contributed by atoms with Crippen LogP contribution in [0.3, 0.4) is 0 Å². The minimum Gasteiger partial charge on any atom is -0.356 e. The van der Waals surface area contributed by atoms with Gasteiger partial charge in [-0.25, -0.2) is 9.37 Å². The van der Waals surface area contributed by atoms with Gasteiger partial charge in [0.05, 0.1) is 24.5 Å². The zero-order valence-electron chi connectivity index (χ0n) is 24.1. The Balaban J connectivity index is 1.35. The molecule has 2 atom stereocenters. The summed E-state index contributed by atoms with van der Waals surface area (Å²) in [5.74, 6) is -2.00. The van der Waals surface area contributed by atoms with Crippen molar-refractivity contribution in [2.45, 2.75) is 50.7 Å². The highest BCUT2D eigenvalue weighted by molar-refractivity contribution is 7.99. The van der Waals surface area contributed by atoms with E-state index in [9.17, 15) is 22.4 Å². The third-order valence-electron chi connectivity index (χ3n) is 7.36. The van der Waals surface area contributed by atoms with E-state index in [1.807, 2.05) is 12.1 Å². The van der Waals surface area contributed by atoms with Crippen LogP contribution in [0.15, 0.2) is 65.7 Å². The van der Waals surface area contributed by atoms with E-state index in [4.69, 9.17) is 4.98 Å². The SMILES string of the molecule is CC1CC(C)CN(c2cccc(-c3ccc4cnc(CNC(=O)c5cc(COC(F)F)cc(SC(F)F)c5)cc4c3F)n2)C1. The number of fused-ring (bicyclic) bond motifs is 1. The number of carbonyl (C=O) groups is 1. The molecule has 44 heavy (non-hydrogen) atoms. The van der Waals surface area contributed by atoms with Crippen molar-refractivity contribution >= 4 is 34.3 Å². The van der Waals surface area contributed by atoms with Crippen LogP contribution in [-0.4, -0.2) is 41.3 Å². The molecule has 232 valence electrons. The van der Waals surface area contributed by atoms with Crippen molar-refractivity contribution in [3.05, 3.63) is 83.4 Å². The maximum atomic E-state index is 15.9. The number of hydrogen-bond acceptors (Lipinski definition) is 6. The normalized spacial score (nSPS) is 17.1. The van der Waals surface area contributed by atoms with Crippen molar-refractivity contribution in [3.8, 4) is 11.3 Å². The molecule has 0 saturated carbocycles. The number of aromatic nitrogens is 2. The maximum Gasteiger partial charge on any atom is 0.345 e. The summed E-state index contributed by atoms with van der Waals surface area (Å²) in [7, 11) is 0. The number of amides is 1. The number of alkyl halides is 4. The highest BCUT2D eigenvalue weighted by Crippen LogP contribution is 2.31. The van der Waals surface area contributed by atoms with Gasteiger partial charge in [0.2, 0.25) is 0 Å². The number of piperidine rings is 1. The Kier molecular flexibility index (Phi) is 10.00. The van der Waals surface area contributed by atoms with Crippen molar-refractivity contribution in [2.75, 3.05) is 18.0 Å². The predicted molar refractivity (Wildman–Crippen MR) is 160 cm³/mol. The van der Waals surface area contributed by atoms with Gasteiger partial charge in [-0.1, -0.05) is 37.7 Å². The molecule has 1 aliphatic heterocycles. The van der Waals surface area contributed by atoms with Gasteiger partial charge in [-0.3, -0.25) is 9.78 Å². The highest BCUT2D eigenvalue weighted by Gasteiger charge is 2.23. The molecule has 4 aromatic rings. The third-order valence-corrected chi connectivity index (χ3v) is 8.04. The van der Waals surface area contributed by atoms with Gasteiger partial charge in [0, 0.05) is 46.1 Å². The average molecular weight is 631 g/mol. The molecule has 0 spiro atoms. The van der Waals surface area contributed by atoms with Crippen molar-refractivity contribution in [1.29, 1.82) is 0 Å². The minimum absolute atomic E-state index is 0.0128. The van der Waals surface area contributed by atoms with Gasteiger partial charge >= 0.3 is 6.61 Å². The standard InChI is InChI=1S/C32H31F5N4O2S/c1-18-8-19(2)16-41(15-18)28-5-3-4-27(40-28)25-7-6-21-13-38-23(12-26(21)29(25)33)14-39-30(42)22-9-20(17-43-31(34)35)10-24(11-22)44-32(36)37/h3-7,9-13,18-19,31-32H,8,14-17H2,1-2H3,(H,39,42). The first-order valence-electron chi connectivity index (χ1n) is 14.1. The Hall–Kier alpha value is -3.77. The third kappa shape index (κ3) is 7.84. The van der Waals surface area contributed by atoms with Crippen LogP contribution < -0.4 is 10.2 Å². The first kappa shape index (κ1) is 31.6. The molecule has 0 radical (unpaired) electrons. The van der Waals surface area contributed by atoms with Gasteiger partial charge in [-0.15, -0.1) is 0 Å². The summed E-state index contributed by atoms with van der Waals surface area (Å²) >= 11 is 0.186. The van der Waals surface area contributed by atoms with E-state index >= 15 is 4.39 Å². The number of carbonyl (C=O) groups excluding carboxylic acids is 1. The average Bonchev–Trinajstić information content (AvgIpc) is 2.98. The van der Waals surface area contributed by atoms with Crippen LogP contribution >= 0.6 is 11.8 Å². The number of anilines is 1. The molecule has 2 unspecified atom stereocenters. The second-order valence-corrected chi connectivity index (χ2v) is 12.1. The Morgan fingerprint density at radius 2 is 1.84 bits per heavy atom. The van der Waals surface area contributed by atoms with E-state index in [0.717, 1.165) is 25.3 Å². The van der Waals surface area contributed by atoms with Gasteiger partial charge in [-0.05, 0) is 66.3 Å². The molecular weight excluding hydrogens is 599 g/mol. The fourth-order valence-corrected chi connectivity index (χ4v) is 6.22. The summed E-state index contributed by atoms with van der Waals surface area (Å²) in [6, 6.07) is 14.4. The number of ether oxygens (including phenoxy) is 1. The smallest absolute Gasteiger partial charge is 0.345 e. The quantitative estimate of drug-likeness (QED) is 0.142. The topological polar surface area (TPSA) is 67.4 Å². The molecule has 0 aliphatic carbocycles. The molecule has 1 saturated heterocycles. The van der Waals surface area contributed by atoms with Crippen LogP contribution in [0, 0.1) is 17.7 Å². The fourth-order valence-electron chi connectivity index (χ4n) is 5.60. The van der Waals surface area contributed by atoms with Crippen molar-refractivity contribution < 1.29 is 31.5 Å². The first-order valence-corrected chi connectivity index (χ1v) is 15.0. The fraction of sp³-hybridized carbons (Fsp3) is 0.344. The van der Waals surface area contributed by atoms with Crippen LogP contribution in [-0.2, 0) is 17.9 Å². The second kappa shape index (κ2) is 13.9. The highest BCUT2D eigenvalue weighted by atomic mass is 32.2. The van der Waals surface area contributed by atoms with Gasteiger partial charge in [0.25, 0.3) is 11.7 Å². The minimum atomic E-state index is -3.06. The number of benzene rings is 2. The molecule has 2 aromatic heterocycles. The van der Waals surface area contributed by atoms with Crippen molar-refractivity contribution in [2.24, 2.45) is 11.8 Å². The maximum absolute atomic E-state index is 15.9. The summed E-state index contributed by atoms with van der Waals surface area (Å²) in [5, 5.41) is 3.51. The molecule has 1 amide bonds. The zero-order chi connectivity index (χ0) is 31.4. The Labute approximate surface area is 256 Å². The number of halogens is 5. The summed E-state index contributed by atoms with van der Waals surface area (Å²) in [6.45, 7) is 2.51. The summed E-state index contributed by atoms with van der Waals surface area (Å²) in [6.07, 6.45) is 2.66. The van der Waals surface area contributed by atoms with Crippen LogP contribution in [0.4, 0.5) is 27.8 Å². The molecule has 0 bridgehead atoms. The van der Waals surface area contributed by atoms with E-state index < -0.39 is 30.7 Å². The number of pyridine rings is 2. The molecule has 6 nitrogen and oxygen atoms in total. The first-order chi connectivity index (χ1) is 21.0. The van der Waals surface area contributed by atoms with Gasteiger partial charge in [-0.2, -0.15) is 17.6 Å². The van der Waals surface area contributed by atoms with Crippen LogP contribution in [0.1, 0.15) is 41.9 Å². The molecule has 1 aliphatic rings. The van der Waals surface area contributed by atoms with E-state index in [2.05, 4.69) is 33.8 Å². The lowest BCUT2D eigenvalue weighted by Gasteiger charge is -2.36. The van der Waals surface area contributed by atoms with Gasteiger partial charge < -0.3 is 15.0 Å². The van der Waals surface area contributed by atoms with E-state index in [1.54, 1.807) is 18.2 Å². The summed E-state index contributed by atoms with van der Waals surface area (Å²) in [5.41, 5.74) is 1.33. The molecule has 1 N–H and O–H groups in total. The number of hydrogen-bond donors (Lipinski definition) is 1. The largest absolute Gasteiger partial charge is 0.356 e. The summed E-state index contributed by atoms with van der Waals surface area (Å²) in [4.78, 5) is 24.3. The molecule has 12 heteroatoms. The Morgan fingerprint density at radius 3 is 2.57 bits per heavy atom. The van der Waals surface area contributed by atoms with E-state index in [-0.39, 0.29) is 34.3 Å². The lowest BCUT2D eigenvalue weighted by Crippen LogP contribution is -2.39. The zero-order valence-corrected chi connectivity index (χ0v) is 24.9. The molecule has 5 rings (SSSR count). The van der Waals surface area contributed by atoms with E-state index in [1.165, 1.54) is 30.5 Å². The predicted octanol–water partition coefficient (Wildman–Crippen LogP) is 7.90. The van der Waals surface area contributed by atoms with Crippen molar-refractivity contribution in [1.82, 2.24) is 15.3 Å². The summed E-state index contributed by atoms with van der Waals surface area (Å²) < 4.78 is 71.2. The lowest BCUT2D eigenvalue weighted by molar-refractivity contribution is -0.137. The number of nitrogens with zero attached hydrogens (tertiary/aromatic N) is 3. The second-order valence-electron chi connectivity index (χ2n) is 11.1. The van der Waals surface area contributed by atoms with Crippen molar-refractivity contribution in [3.63, 3.8) is 0 Å². The monoisotopic (exact) mass is 630 g/mol. The molecular formula is C32H31F5N4O2S. The Bertz CT molecular complexity index is 1630. The number of thioether (sulfide) groups is 1. The molecule has 1 fully saturated rings. The van der Waals surface area contributed by atoms with Gasteiger partial charge in [0.15, 0.2) is 0 Å². The molecule has 2 aromatic carbocycles. The number of nitrogens with one attached hydrogen (secondary N) is 1. The van der Waals surface area contributed by atoms with Gasteiger partial charge in [0.1, 0.15) is 11.6 Å².